The Labute approximate surface area is 120 Å². The molecule has 0 spiro atoms. The van der Waals surface area contributed by atoms with Crippen molar-refractivity contribution in [3.05, 3.63) is 5.89 Å². The molecule has 1 saturated heterocycles. The fraction of sp³-hybridized carbons (Fsp3) is 0.846. The van der Waals surface area contributed by atoms with E-state index in [1.807, 2.05) is 0 Å². The van der Waals surface area contributed by atoms with Crippen LogP contribution in [-0.2, 0) is 11.3 Å². The van der Waals surface area contributed by atoms with Gasteiger partial charge in [-0.05, 0) is 26.9 Å². The van der Waals surface area contributed by atoms with Gasteiger partial charge in [-0.1, -0.05) is 5.10 Å². The van der Waals surface area contributed by atoms with Crippen molar-refractivity contribution in [2.24, 2.45) is 0 Å². The van der Waals surface area contributed by atoms with E-state index in [1.165, 1.54) is 12.8 Å². The van der Waals surface area contributed by atoms with E-state index in [0.29, 0.717) is 31.1 Å². The molecule has 7 heteroatoms. The number of aromatic nitrogens is 2. The number of ether oxygens (including phenoxy) is 1. The molecule has 0 bridgehead atoms. The lowest BCUT2D eigenvalue weighted by Gasteiger charge is -2.25. The van der Waals surface area contributed by atoms with Crippen LogP contribution in [0.25, 0.3) is 0 Å². The van der Waals surface area contributed by atoms with Gasteiger partial charge in [0.1, 0.15) is 0 Å². The van der Waals surface area contributed by atoms with Gasteiger partial charge in [0, 0.05) is 32.8 Å². The molecule has 0 amide bonds. The summed E-state index contributed by atoms with van der Waals surface area (Å²) in [6.45, 7) is 4.06. The van der Waals surface area contributed by atoms with Crippen molar-refractivity contribution in [1.82, 2.24) is 20.4 Å². The van der Waals surface area contributed by atoms with Gasteiger partial charge in [0.25, 0.3) is 0 Å². The van der Waals surface area contributed by atoms with Crippen LogP contribution in [0, 0.1) is 0 Å². The van der Waals surface area contributed by atoms with Crippen LogP contribution in [-0.4, -0.2) is 68.6 Å². The van der Waals surface area contributed by atoms with Gasteiger partial charge in [0.05, 0.1) is 13.2 Å². The Morgan fingerprint density at radius 3 is 3.05 bits per heavy atom. The van der Waals surface area contributed by atoms with Crippen molar-refractivity contribution in [3.63, 3.8) is 0 Å². The van der Waals surface area contributed by atoms with Crippen molar-refractivity contribution in [1.29, 1.82) is 0 Å². The molecule has 1 aliphatic rings. The summed E-state index contributed by atoms with van der Waals surface area (Å²) >= 11 is 0. The maximum atomic E-state index is 5.74. The van der Waals surface area contributed by atoms with E-state index >= 15 is 0 Å². The van der Waals surface area contributed by atoms with Gasteiger partial charge >= 0.3 is 6.01 Å². The summed E-state index contributed by atoms with van der Waals surface area (Å²) in [6.07, 6.45) is 2.37. The van der Waals surface area contributed by atoms with Crippen molar-refractivity contribution in [2.75, 3.05) is 52.3 Å². The average molecular weight is 283 g/mol. The first-order chi connectivity index (χ1) is 9.70. The SMILES string of the molecule is COCCNCc1nnc(N2CCCC2CN(C)C)o1. The highest BCUT2D eigenvalue weighted by Crippen LogP contribution is 2.24. The molecule has 1 unspecified atom stereocenters. The minimum Gasteiger partial charge on any atom is -0.407 e. The van der Waals surface area contributed by atoms with Gasteiger partial charge in [0.15, 0.2) is 0 Å². The highest BCUT2D eigenvalue weighted by atomic mass is 16.5. The molecular formula is C13H25N5O2. The number of hydrogen-bond donors (Lipinski definition) is 1. The third-order valence-electron chi connectivity index (χ3n) is 3.41. The van der Waals surface area contributed by atoms with Crippen LogP contribution < -0.4 is 10.2 Å². The van der Waals surface area contributed by atoms with Crippen molar-refractivity contribution in [3.8, 4) is 0 Å². The van der Waals surface area contributed by atoms with Crippen LogP contribution >= 0.6 is 0 Å². The third-order valence-corrected chi connectivity index (χ3v) is 3.41. The summed E-state index contributed by atoms with van der Waals surface area (Å²) in [5.74, 6) is 0.631. The van der Waals surface area contributed by atoms with Gasteiger partial charge in [-0.25, -0.2) is 0 Å². The van der Waals surface area contributed by atoms with Crippen LogP contribution in [0.2, 0.25) is 0 Å². The van der Waals surface area contributed by atoms with Crippen LogP contribution in [0.4, 0.5) is 6.01 Å². The topological polar surface area (TPSA) is 66.7 Å². The molecule has 2 rings (SSSR count). The number of rotatable bonds is 8. The van der Waals surface area contributed by atoms with Gasteiger partial charge in [0.2, 0.25) is 5.89 Å². The average Bonchev–Trinajstić information content (AvgIpc) is 3.02. The zero-order chi connectivity index (χ0) is 14.4. The van der Waals surface area contributed by atoms with Crippen molar-refractivity contribution < 1.29 is 9.15 Å². The molecule has 1 N–H and O–H groups in total. The molecule has 0 saturated carbocycles. The first-order valence-electron chi connectivity index (χ1n) is 7.14. The van der Waals surface area contributed by atoms with Crippen LogP contribution in [0.3, 0.4) is 0 Å². The monoisotopic (exact) mass is 283 g/mol. The van der Waals surface area contributed by atoms with Gasteiger partial charge < -0.3 is 24.3 Å². The second-order valence-corrected chi connectivity index (χ2v) is 5.40. The molecule has 1 aromatic heterocycles. The second-order valence-electron chi connectivity index (χ2n) is 5.40. The van der Waals surface area contributed by atoms with E-state index in [1.54, 1.807) is 7.11 Å². The zero-order valence-electron chi connectivity index (χ0n) is 12.6. The lowest BCUT2D eigenvalue weighted by Crippen LogP contribution is -2.37. The maximum Gasteiger partial charge on any atom is 0.318 e. The minimum atomic E-state index is 0.472. The number of nitrogens with one attached hydrogen (secondary N) is 1. The predicted octanol–water partition coefficient (Wildman–Crippen LogP) is 0.336. The van der Waals surface area contributed by atoms with E-state index in [2.05, 4.69) is 39.4 Å². The molecule has 1 fully saturated rings. The number of anilines is 1. The quantitative estimate of drug-likeness (QED) is 0.690. The molecule has 20 heavy (non-hydrogen) atoms. The van der Waals surface area contributed by atoms with Gasteiger partial charge in [-0.15, -0.1) is 5.10 Å². The standard InChI is InChI=1S/C13H25N5O2/c1-17(2)10-11-5-4-7-18(11)13-16-15-12(20-13)9-14-6-8-19-3/h11,14H,4-10H2,1-3H3. The molecule has 1 aromatic rings. The zero-order valence-corrected chi connectivity index (χ0v) is 12.6. The van der Waals surface area contributed by atoms with E-state index < -0.39 is 0 Å². The first kappa shape index (κ1) is 15.2. The minimum absolute atomic E-state index is 0.472. The summed E-state index contributed by atoms with van der Waals surface area (Å²) in [6, 6.07) is 1.12. The number of methoxy groups -OCH3 is 1. The summed E-state index contributed by atoms with van der Waals surface area (Å²) < 4.78 is 10.7. The van der Waals surface area contributed by atoms with E-state index in [-0.39, 0.29) is 0 Å². The molecule has 2 heterocycles. The van der Waals surface area contributed by atoms with E-state index in [4.69, 9.17) is 9.15 Å². The molecule has 0 aromatic carbocycles. The summed E-state index contributed by atoms with van der Waals surface area (Å²) in [4.78, 5) is 4.43. The third kappa shape index (κ3) is 4.16. The summed E-state index contributed by atoms with van der Waals surface area (Å²) in [7, 11) is 5.87. The van der Waals surface area contributed by atoms with E-state index in [0.717, 1.165) is 19.6 Å². The van der Waals surface area contributed by atoms with Gasteiger partial charge in [-0.2, -0.15) is 0 Å². The highest BCUT2D eigenvalue weighted by molar-refractivity contribution is 5.29. The van der Waals surface area contributed by atoms with Crippen LogP contribution in [0.15, 0.2) is 4.42 Å². The maximum absolute atomic E-state index is 5.74. The first-order valence-corrected chi connectivity index (χ1v) is 7.14. The molecule has 0 aliphatic carbocycles. The van der Waals surface area contributed by atoms with Gasteiger partial charge in [-0.3, -0.25) is 0 Å². The Hall–Kier alpha value is -1.18. The number of hydrogen-bond acceptors (Lipinski definition) is 7. The molecule has 1 atom stereocenters. The Kier molecular flexibility index (Phi) is 5.75. The van der Waals surface area contributed by atoms with E-state index in [9.17, 15) is 0 Å². The fourth-order valence-electron chi connectivity index (χ4n) is 2.50. The summed E-state index contributed by atoms with van der Waals surface area (Å²) in [5.41, 5.74) is 0. The van der Waals surface area contributed by atoms with Crippen LogP contribution in [0.1, 0.15) is 18.7 Å². The lowest BCUT2D eigenvalue weighted by molar-refractivity contribution is 0.198. The predicted molar refractivity (Wildman–Crippen MR) is 76.8 cm³/mol. The lowest BCUT2D eigenvalue weighted by atomic mass is 10.2. The smallest absolute Gasteiger partial charge is 0.318 e. The summed E-state index contributed by atoms with van der Waals surface area (Å²) in [5, 5.41) is 11.5. The number of nitrogens with zero attached hydrogens (tertiary/aromatic N) is 4. The van der Waals surface area contributed by atoms with Crippen molar-refractivity contribution >= 4 is 6.01 Å². The molecule has 0 radical (unpaired) electrons. The Balaban J connectivity index is 1.87. The Bertz CT molecular complexity index is 396. The normalized spacial score (nSPS) is 19.2. The fourth-order valence-corrected chi connectivity index (χ4v) is 2.50. The molecular weight excluding hydrogens is 258 g/mol. The second kappa shape index (κ2) is 7.56. The number of likely N-dealkylation sites (N-methyl/N-ethyl adjacent to an activating group) is 1. The van der Waals surface area contributed by atoms with Crippen LogP contribution in [0.5, 0.6) is 0 Å². The molecule has 1 aliphatic heterocycles. The largest absolute Gasteiger partial charge is 0.407 e. The Morgan fingerprint density at radius 1 is 1.45 bits per heavy atom. The Morgan fingerprint density at radius 2 is 2.30 bits per heavy atom. The molecule has 7 nitrogen and oxygen atoms in total. The van der Waals surface area contributed by atoms with Crippen molar-refractivity contribution in [2.45, 2.75) is 25.4 Å². The molecule has 114 valence electrons. The highest BCUT2D eigenvalue weighted by Gasteiger charge is 2.28.